The van der Waals surface area contributed by atoms with Crippen molar-refractivity contribution >= 4 is 53.3 Å². The number of carbonyl (C=O) groups excluding carboxylic acids is 2. The average Bonchev–Trinajstić information content (AvgIpc) is 3.43. The molecule has 4 rings (SSSR count). The van der Waals surface area contributed by atoms with Gasteiger partial charge >= 0.3 is 0 Å². The number of aromatic nitrogens is 1. The summed E-state index contributed by atoms with van der Waals surface area (Å²) in [5.41, 5.74) is 4.91. The van der Waals surface area contributed by atoms with E-state index in [9.17, 15) is 14.0 Å². The van der Waals surface area contributed by atoms with Gasteiger partial charge in [0.25, 0.3) is 5.91 Å². The Labute approximate surface area is 234 Å². The van der Waals surface area contributed by atoms with Crippen LogP contribution in [-0.2, 0) is 22.7 Å². The van der Waals surface area contributed by atoms with Crippen molar-refractivity contribution in [2.45, 2.75) is 33.9 Å². The Morgan fingerprint density at radius 1 is 1.08 bits per heavy atom. The lowest BCUT2D eigenvalue weighted by atomic mass is 10.1. The fourth-order valence-electron chi connectivity index (χ4n) is 4.44. The minimum Gasteiger partial charge on any atom is -0.356 e. The van der Waals surface area contributed by atoms with E-state index >= 15 is 0 Å². The molecule has 2 amide bonds. The largest absolute Gasteiger partial charge is 0.356 e. The Morgan fingerprint density at radius 3 is 2.55 bits per heavy atom. The summed E-state index contributed by atoms with van der Waals surface area (Å²) in [6.45, 7) is 8.77. The number of fused-ring (bicyclic) bond motifs is 2. The van der Waals surface area contributed by atoms with E-state index in [0.717, 1.165) is 40.0 Å². The highest BCUT2D eigenvalue weighted by atomic mass is 35.5. The number of rotatable bonds is 10. The number of hydrogen-bond acceptors (Lipinski definition) is 7. The number of nitrogens with one attached hydrogen (secondary N) is 2. The molecule has 0 aliphatic carbocycles. The smallest absolute Gasteiger partial charge is 0.256 e. The van der Waals surface area contributed by atoms with Gasteiger partial charge in [0.15, 0.2) is 5.58 Å². The number of hydrogen-bond donors (Lipinski definition) is 2. The quantitative estimate of drug-likeness (QED) is 0.362. The number of nitrogens with zero attached hydrogens (tertiary/aromatic N) is 4. The molecule has 0 spiro atoms. The molecule has 208 valence electrons. The van der Waals surface area contributed by atoms with Crippen LogP contribution in [-0.4, -0.2) is 66.8 Å². The fourth-order valence-corrected chi connectivity index (χ4v) is 4.44. The van der Waals surface area contributed by atoms with Crippen LogP contribution in [0.5, 0.6) is 0 Å². The molecule has 12 heteroatoms. The van der Waals surface area contributed by atoms with Gasteiger partial charge in [0.05, 0.1) is 18.8 Å². The van der Waals surface area contributed by atoms with E-state index in [1.807, 2.05) is 37.9 Å². The highest BCUT2D eigenvalue weighted by Crippen LogP contribution is 2.29. The summed E-state index contributed by atoms with van der Waals surface area (Å²) in [5.74, 6) is -0.634. The maximum atomic E-state index is 13.7. The molecule has 3 aromatic rings. The van der Waals surface area contributed by atoms with Crippen molar-refractivity contribution in [1.29, 1.82) is 0 Å². The summed E-state index contributed by atoms with van der Waals surface area (Å²) in [5, 5.41) is 14.4. The van der Waals surface area contributed by atoms with Gasteiger partial charge in [-0.15, -0.1) is 24.8 Å². The van der Waals surface area contributed by atoms with Crippen LogP contribution < -0.4 is 15.5 Å². The highest BCUT2D eigenvalue weighted by molar-refractivity contribution is 5.90. The van der Waals surface area contributed by atoms with Gasteiger partial charge in [0, 0.05) is 44.3 Å². The van der Waals surface area contributed by atoms with E-state index in [1.54, 1.807) is 23.0 Å². The van der Waals surface area contributed by atoms with Crippen LogP contribution in [0.3, 0.4) is 0 Å². The highest BCUT2D eigenvalue weighted by Gasteiger charge is 2.27. The van der Waals surface area contributed by atoms with E-state index in [0.29, 0.717) is 31.8 Å². The molecule has 38 heavy (non-hydrogen) atoms. The van der Waals surface area contributed by atoms with Gasteiger partial charge in [-0.3, -0.25) is 14.6 Å². The second-order valence-corrected chi connectivity index (χ2v) is 9.12. The first kappa shape index (κ1) is 31.3. The van der Waals surface area contributed by atoms with Crippen LogP contribution in [0.1, 0.15) is 29.3 Å². The number of anilines is 1. The summed E-state index contributed by atoms with van der Waals surface area (Å²) in [7, 11) is 1.71. The van der Waals surface area contributed by atoms with Crippen LogP contribution in [0, 0.1) is 19.7 Å². The molecule has 2 heterocycles. The van der Waals surface area contributed by atoms with Crippen molar-refractivity contribution in [1.82, 2.24) is 25.8 Å². The van der Waals surface area contributed by atoms with Crippen LogP contribution in [0.15, 0.2) is 34.9 Å². The minimum atomic E-state index is -0.286. The summed E-state index contributed by atoms with van der Waals surface area (Å²) in [4.78, 5) is 28.0. The molecule has 9 nitrogen and oxygen atoms in total. The fraction of sp³-hybridized carbons (Fsp3) is 0.423. The molecule has 0 unspecified atom stereocenters. The van der Waals surface area contributed by atoms with E-state index in [4.69, 9.17) is 4.52 Å². The molecule has 0 fully saturated rings. The normalized spacial score (nSPS) is 12.4. The summed E-state index contributed by atoms with van der Waals surface area (Å²) >= 11 is 0. The summed E-state index contributed by atoms with van der Waals surface area (Å²) in [6.07, 6.45) is 0. The monoisotopic (exact) mass is 568 g/mol. The van der Waals surface area contributed by atoms with Crippen molar-refractivity contribution in [3.8, 4) is 0 Å². The molecule has 0 radical (unpaired) electrons. The molecule has 1 aliphatic heterocycles. The van der Waals surface area contributed by atoms with Gasteiger partial charge in [0.2, 0.25) is 5.91 Å². The zero-order valence-electron chi connectivity index (χ0n) is 22.0. The van der Waals surface area contributed by atoms with Gasteiger partial charge in [0.1, 0.15) is 5.82 Å². The Balaban J connectivity index is 0.00000253. The molecule has 1 aromatic heterocycles. The lowest BCUT2D eigenvalue weighted by molar-refractivity contribution is -0.145. The zero-order chi connectivity index (χ0) is 25.8. The van der Waals surface area contributed by atoms with Crippen LogP contribution in [0.25, 0.3) is 11.0 Å². The predicted octanol–water partition coefficient (Wildman–Crippen LogP) is 3.35. The molecule has 0 saturated carbocycles. The number of carbonyl (C=O) groups is 2. The first-order valence-corrected chi connectivity index (χ1v) is 12.1. The average molecular weight is 570 g/mol. The molecular formula is C26H35Cl2FN6O3. The van der Waals surface area contributed by atoms with Gasteiger partial charge < -0.3 is 20.1 Å². The van der Waals surface area contributed by atoms with Gasteiger partial charge in [-0.25, -0.2) is 9.40 Å². The molecular weight excluding hydrogens is 534 g/mol. The van der Waals surface area contributed by atoms with Gasteiger partial charge in [-0.1, -0.05) is 18.1 Å². The zero-order valence-corrected chi connectivity index (χ0v) is 23.7. The van der Waals surface area contributed by atoms with Crippen molar-refractivity contribution in [2.24, 2.45) is 0 Å². The third-order valence-electron chi connectivity index (χ3n) is 6.50. The third-order valence-corrected chi connectivity index (χ3v) is 6.50. The minimum absolute atomic E-state index is 0. The van der Waals surface area contributed by atoms with Crippen LogP contribution in [0.4, 0.5) is 10.1 Å². The van der Waals surface area contributed by atoms with E-state index in [1.165, 1.54) is 12.1 Å². The molecule has 0 atom stereocenters. The van der Waals surface area contributed by atoms with Gasteiger partial charge in [-0.05, 0) is 61.3 Å². The molecule has 0 bridgehead atoms. The van der Waals surface area contributed by atoms with Crippen molar-refractivity contribution in [3.63, 3.8) is 0 Å². The lowest BCUT2D eigenvalue weighted by Crippen LogP contribution is -2.48. The first-order chi connectivity index (χ1) is 17.3. The van der Waals surface area contributed by atoms with Crippen LogP contribution >= 0.6 is 24.8 Å². The molecule has 2 N–H and O–H groups in total. The number of aryl methyl sites for hydroxylation is 2. The van der Waals surface area contributed by atoms with E-state index < -0.39 is 0 Å². The van der Waals surface area contributed by atoms with Crippen molar-refractivity contribution < 1.29 is 18.5 Å². The van der Waals surface area contributed by atoms with E-state index in [-0.39, 0.29) is 55.5 Å². The Hall–Kier alpha value is -2.92. The molecule has 2 aromatic carbocycles. The number of hydrazine groups is 1. The summed E-state index contributed by atoms with van der Waals surface area (Å²) in [6, 6.07) is 8.50. The second-order valence-electron chi connectivity index (χ2n) is 9.12. The first-order valence-electron chi connectivity index (χ1n) is 12.1. The number of likely N-dealkylation sites (N-methyl/N-ethyl adjacent to an activating group) is 2. The number of benzene rings is 2. The standard InChI is InChI=1S/C26H33FN6O3.2ClH/c1-5-28-8-9-29-25(34)15-32(23-12-22-18(3)30-36-24(22)10-17(23)2)16-26(35)31(4)33-13-19-6-7-21(27)11-20(19)14-33;;/h6-7,10-12,28H,5,8-9,13-16H2,1-4H3,(H,29,34);2*1H. The van der Waals surface area contributed by atoms with Crippen molar-refractivity contribution in [2.75, 3.05) is 44.7 Å². The maximum absolute atomic E-state index is 13.7. The Morgan fingerprint density at radius 2 is 1.82 bits per heavy atom. The molecule has 0 saturated heterocycles. The van der Waals surface area contributed by atoms with Gasteiger partial charge in [-0.2, -0.15) is 0 Å². The Bertz CT molecular complexity index is 1270. The number of halogens is 3. The van der Waals surface area contributed by atoms with Crippen LogP contribution in [0.2, 0.25) is 0 Å². The third kappa shape index (κ3) is 7.13. The van der Waals surface area contributed by atoms with Crippen molar-refractivity contribution in [3.05, 3.63) is 58.5 Å². The molecule has 1 aliphatic rings. The second kappa shape index (κ2) is 13.7. The van der Waals surface area contributed by atoms with E-state index in [2.05, 4.69) is 15.8 Å². The summed E-state index contributed by atoms with van der Waals surface area (Å²) < 4.78 is 19.0. The predicted molar refractivity (Wildman–Crippen MR) is 150 cm³/mol. The number of amides is 2. The maximum Gasteiger partial charge on any atom is 0.256 e. The Kier molecular flexibility index (Phi) is 11.3. The topological polar surface area (TPSA) is 93.9 Å². The SMILES string of the molecule is CCNCCNC(=O)CN(CC(=O)N(C)N1Cc2ccc(F)cc2C1)c1cc2c(C)noc2cc1C.Cl.Cl. The lowest BCUT2D eigenvalue weighted by Gasteiger charge is -2.32.